The second-order valence-electron chi connectivity index (χ2n) is 3.75. The summed E-state index contributed by atoms with van der Waals surface area (Å²) in [6, 6.07) is 8.51. The van der Waals surface area contributed by atoms with E-state index < -0.39 is 0 Å². The summed E-state index contributed by atoms with van der Waals surface area (Å²) in [5.41, 5.74) is 2.47. The standard InChI is InChI=1S/C12H17NO2/c14-7-5-10-3-1-2-4-11(10)12-9-15-8-6-13-12/h1-4,12-14H,5-9H2. The van der Waals surface area contributed by atoms with E-state index in [1.807, 2.05) is 12.1 Å². The topological polar surface area (TPSA) is 41.5 Å². The van der Waals surface area contributed by atoms with Crippen LogP contribution in [-0.4, -0.2) is 31.5 Å². The minimum atomic E-state index is 0.199. The molecule has 1 aromatic rings. The lowest BCUT2D eigenvalue weighted by molar-refractivity contribution is 0.0765. The molecule has 0 aromatic heterocycles. The van der Waals surface area contributed by atoms with Gasteiger partial charge < -0.3 is 15.2 Å². The Morgan fingerprint density at radius 2 is 2.27 bits per heavy atom. The van der Waals surface area contributed by atoms with Gasteiger partial charge in [0.2, 0.25) is 0 Å². The number of benzene rings is 1. The quantitative estimate of drug-likeness (QED) is 0.773. The molecular formula is C12H17NO2. The Bertz CT molecular complexity index is 308. The summed E-state index contributed by atoms with van der Waals surface area (Å²) in [6.45, 7) is 2.61. The molecule has 0 radical (unpaired) electrons. The molecule has 3 heteroatoms. The normalized spacial score (nSPS) is 21.5. The summed E-state index contributed by atoms with van der Waals surface area (Å²) in [4.78, 5) is 0. The Hall–Kier alpha value is -0.900. The van der Waals surface area contributed by atoms with Crippen molar-refractivity contribution in [1.82, 2.24) is 5.32 Å². The van der Waals surface area contributed by atoms with Crippen molar-refractivity contribution in [2.45, 2.75) is 12.5 Å². The van der Waals surface area contributed by atoms with E-state index in [1.165, 1.54) is 11.1 Å². The number of aliphatic hydroxyl groups excluding tert-OH is 1. The van der Waals surface area contributed by atoms with Crippen LogP contribution in [0.1, 0.15) is 17.2 Å². The maximum atomic E-state index is 8.99. The van der Waals surface area contributed by atoms with Crippen molar-refractivity contribution in [3.63, 3.8) is 0 Å². The van der Waals surface area contributed by atoms with Gasteiger partial charge >= 0.3 is 0 Å². The van der Waals surface area contributed by atoms with Crippen molar-refractivity contribution in [1.29, 1.82) is 0 Å². The van der Waals surface area contributed by atoms with Crippen LogP contribution in [0.25, 0.3) is 0 Å². The number of aliphatic hydroxyl groups is 1. The maximum absolute atomic E-state index is 8.99. The molecule has 0 aliphatic carbocycles. The smallest absolute Gasteiger partial charge is 0.0662 e. The van der Waals surface area contributed by atoms with E-state index in [1.54, 1.807) is 0 Å². The van der Waals surface area contributed by atoms with E-state index in [0.717, 1.165) is 19.8 Å². The molecule has 3 nitrogen and oxygen atoms in total. The lowest BCUT2D eigenvalue weighted by Crippen LogP contribution is -2.35. The first-order valence-corrected chi connectivity index (χ1v) is 5.41. The molecule has 1 aromatic carbocycles. The average molecular weight is 207 g/mol. The molecular weight excluding hydrogens is 190 g/mol. The summed E-state index contributed by atoms with van der Waals surface area (Å²) in [5, 5.41) is 12.4. The van der Waals surface area contributed by atoms with Crippen LogP contribution in [0.3, 0.4) is 0 Å². The highest BCUT2D eigenvalue weighted by atomic mass is 16.5. The maximum Gasteiger partial charge on any atom is 0.0662 e. The average Bonchev–Trinajstić information content (AvgIpc) is 2.31. The summed E-state index contributed by atoms with van der Waals surface area (Å²) in [7, 11) is 0. The first-order chi connectivity index (χ1) is 7.42. The molecule has 1 unspecified atom stereocenters. The first-order valence-electron chi connectivity index (χ1n) is 5.41. The van der Waals surface area contributed by atoms with Gasteiger partial charge in [-0.05, 0) is 17.5 Å². The molecule has 82 valence electrons. The molecule has 1 atom stereocenters. The van der Waals surface area contributed by atoms with Gasteiger partial charge in [0.25, 0.3) is 0 Å². The zero-order chi connectivity index (χ0) is 10.5. The zero-order valence-electron chi connectivity index (χ0n) is 8.78. The van der Waals surface area contributed by atoms with E-state index in [0.29, 0.717) is 6.42 Å². The first kappa shape index (κ1) is 10.6. The minimum absolute atomic E-state index is 0.199. The van der Waals surface area contributed by atoms with E-state index >= 15 is 0 Å². The molecule has 1 aliphatic rings. The lowest BCUT2D eigenvalue weighted by Gasteiger charge is -2.26. The number of hydrogen-bond acceptors (Lipinski definition) is 3. The monoisotopic (exact) mass is 207 g/mol. The highest BCUT2D eigenvalue weighted by Gasteiger charge is 2.17. The van der Waals surface area contributed by atoms with Crippen LogP contribution in [0.2, 0.25) is 0 Å². The van der Waals surface area contributed by atoms with Crippen LogP contribution >= 0.6 is 0 Å². The van der Waals surface area contributed by atoms with Gasteiger partial charge in [-0.3, -0.25) is 0 Å². The molecule has 15 heavy (non-hydrogen) atoms. The SMILES string of the molecule is OCCc1ccccc1C1COCCN1. The van der Waals surface area contributed by atoms with Gasteiger partial charge in [0.1, 0.15) is 0 Å². The Labute approximate surface area is 90.1 Å². The van der Waals surface area contributed by atoms with Crippen molar-refractivity contribution < 1.29 is 9.84 Å². The van der Waals surface area contributed by atoms with Crippen LogP contribution in [0, 0.1) is 0 Å². The molecule has 1 saturated heterocycles. The summed E-state index contributed by atoms with van der Waals surface area (Å²) in [6.07, 6.45) is 0.717. The molecule has 0 saturated carbocycles. The predicted octanol–water partition coefficient (Wildman–Crippen LogP) is 0.882. The fourth-order valence-corrected chi connectivity index (χ4v) is 1.99. The predicted molar refractivity (Wildman–Crippen MR) is 58.8 cm³/mol. The van der Waals surface area contributed by atoms with Gasteiger partial charge in [-0.15, -0.1) is 0 Å². The third kappa shape index (κ3) is 2.56. The Balaban J connectivity index is 2.17. The third-order valence-electron chi connectivity index (χ3n) is 2.73. The van der Waals surface area contributed by atoms with Crippen LogP contribution < -0.4 is 5.32 Å². The van der Waals surface area contributed by atoms with Crippen molar-refractivity contribution in [2.24, 2.45) is 0 Å². The van der Waals surface area contributed by atoms with Gasteiger partial charge in [0.15, 0.2) is 0 Å². The van der Waals surface area contributed by atoms with E-state index in [9.17, 15) is 0 Å². The minimum Gasteiger partial charge on any atom is -0.396 e. The molecule has 2 rings (SSSR count). The lowest BCUT2D eigenvalue weighted by atomic mass is 9.98. The van der Waals surface area contributed by atoms with Crippen LogP contribution in [-0.2, 0) is 11.2 Å². The molecule has 1 fully saturated rings. The zero-order valence-corrected chi connectivity index (χ0v) is 8.78. The summed E-state index contributed by atoms with van der Waals surface area (Å²) in [5.74, 6) is 0. The van der Waals surface area contributed by atoms with E-state index in [4.69, 9.17) is 9.84 Å². The molecule has 2 N–H and O–H groups in total. The van der Waals surface area contributed by atoms with Crippen molar-refractivity contribution in [3.8, 4) is 0 Å². The molecule has 0 bridgehead atoms. The number of hydrogen-bond donors (Lipinski definition) is 2. The fraction of sp³-hybridized carbons (Fsp3) is 0.500. The van der Waals surface area contributed by atoms with Crippen molar-refractivity contribution in [2.75, 3.05) is 26.4 Å². The second kappa shape index (κ2) is 5.26. The van der Waals surface area contributed by atoms with E-state index in [-0.39, 0.29) is 12.6 Å². The Morgan fingerprint density at radius 3 is 3.00 bits per heavy atom. The van der Waals surface area contributed by atoms with Gasteiger partial charge in [0, 0.05) is 13.2 Å². The van der Waals surface area contributed by atoms with Crippen molar-refractivity contribution in [3.05, 3.63) is 35.4 Å². The largest absolute Gasteiger partial charge is 0.396 e. The van der Waals surface area contributed by atoms with Crippen LogP contribution in [0.4, 0.5) is 0 Å². The van der Waals surface area contributed by atoms with Gasteiger partial charge in [-0.25, -0.2) is 0 Å². The van der Waals surface area contributed by atoms with Gasteiger partial charge in [0.05, 0.1) is 19.3 Å². The van der Waals surface area contributed by atoms with Crippen molar-refractivity contribution >= 4 is 0 Å². The summed E-state index contributed by atoms with van der Waals surface area (Å²) >= 11 is 0. The highest BCUT2D eigenvalue weighted by molar-refractivity contribution is 5.30. The molecule has 1 heterocycles. The number of morpholine rings is 1. The Kier molecular flexibility index (Phi) is 3.72. The number of nitrogens with one attached hydrogen (secondary N) is 1. The highest BCUT2D eigenvalue weighted by Crippen LogP contribution is 2.20. The fourth-order valence-electron chi connectivity index (χ4n) is 1.99. The van der Waals surface area contributed by atoms with Gasteiger partial charge in [-0.1, -0.05) is 24.3 Å². The van der Waals surface area contributed by atoms with E-state index in [2.05, 4.69) is 17.4 Å². The number of rotatable bonds is 3. The summed E-state index contributed by atoms with van der Waals surface area (Å²) < 4.78 is 5.44. The number of ether oxygens (including phenoxy) is 1. The van der Waals surface area contributed by atoms with Gasteiger partial charge in [-0.2, -0.15) is 0 Å². The second-order valence-corrected chi connectivity index (χ2v) is 3.75. The third-order valence-corrected chi connectivity index (χ3v) is 2.73. The van der Waals surface area contributed by atoms with Crippen LogP contribution in [0.15, 0.2) is 24.3 Å². The Morgan fingerprint density at radius 1 is 1.40 bits per heavy atom. The molecule has 0 amide bonds. The van der Waals surface area contributed by atoms with Crippen LogP contribution in [0.5, 0.6) is 0 Å². The molecule has 0 spiro atoms. The molecule has 1 aliphatic heterocycles.